The Kier molecular flexibility index (Phi) is 5.97. The topological polar surface area (TPSA) is 90.2 Å². The van der Waals surface area contributed by atoms with E-state index in [0.717, 1.165) is 40.8 Å². The van der Waals surface area contributed by atoms with Gasteiger partial charge in [-0.1, -0.05) is 41.5 Å². The SMILES string of the molecule is CC1=C(C)C[C@H](C(=O)Nc2sc3c(c2C#N)CC[C@H](c2ccccc2)C3)[C@@H](C(=O)O)C1. The van der Waals surface area contributed by atoms with E-state index in [1.165, 1.54) is 16.9 Å². The maximum atomic E-state index is 13.1. The predicted octanol–water partition coefficient (Wildman–Crippen LogP) is 5.28. The number of aliphatic carboxylic acids is 1. The number of nitrogens with one attached hydrogen (secondary N) is 1. The number of fused-ring (bicyclic) bond motifs is 1. The fourth-order valence-electron chi connectivity index (χ4n) is 4.83. The van der Waals surface area contributed by atoms with Crippen LogP contribution < -0.4 is 5.32 Å². The first kappa shape index (κ1) is 21.3. The number of rotatable bonds is 4. The molecular formula is C25H26N2O3S. The molecule has 0 aliphatic heterocycles. The Morgan fingerprint density at radius 2 is 1.77 bits per heavy atom. The summed E-state index contributed by atoms with van der Waals surface area (Å²) in [5.41, 5.74) is 5.02. The molecular weight excluding hydrogens is 408 g/mol. The summed E-state index contributed by atoms with van der Waals surface area (Å²) in [4.78, 5) is 26.0. The highest BCUT2D eigenvalue weighted by Crippen LogP contribution is 2.43. The molecule has 0 bridgehead atoms. The number of amides is 1. The predicted molar refractivity (Wildman–Crippen MR) is 121 cm³/mol. The van der Waals surface area contributed by atoms with Crippen LogP contribution in [0, 0.1) is 23.2 Å². The molecule has 5 nitrogen and oxygen atoms in total. The molecule has 0 spiro atoms. The first-order valence-electron chi connectivity index (χ1n) is 10.7. The Hall–Kier alpha value is -2.91. The van der Waals surface area contributed by atoms with Crippen molar-refractivity contribution in [2.75, 3.05) is 5.32 Å². The fourth-order valence-corrected chi connectivity index (χ4v) is 6.11. The van der Waals surface area contributed by atoms with Gasteiger partial charge in [0.1, 0.15) is 11.1 Å². The molecule has 0 saturated carbocycles. The highest BCUT2D eigenvalue weighted by molar-refractivity contribution is 7.16. The normalized spacial score (nSPS) is 23.1. The van der Waals surface area contributed by atoms with Crippen LogP contribution in [0.5, 0.6) is 0 Å². The van der Waals surface area contributed by atoms with Crippen molar-refractivity contribution in [3.63, 3.8) is 0 Å². The summed E-state index contributed by atoms with van der Waals surface area (Å²) in [5.74, 6) is -2.18. The van der Waals surface area contributed by atoms with Crippen LogP contribution in [-0.4, -0.2) is 17.0 Å². The molecule has 31 heavy (non-hydrogen) atoms. The van der Waals surface area contributed by atoms with Crippen molar-refractivity contribution in [3.05, 3.63) is 63.0 Å². The third-order valence-electron chi connectivity index (χ3n) is 6.81. The number of nitrogens with zero attached hydrogens (tertiary/aromatic N) is 1. The van der Waals surface area contributed by atoms with E-state index in [4.69, 9.17) is 0 Å². The number of hydrogen-bond acceptors (Lipinski definition) is 4. The van der Waals surface area contributed by atoms with Crippen molar-refractivity contribution in [1.29, 1.82) is 5.26 Å². The van der Waals surface area contributed by atoms with E-state index >= 15 is 0 Å². The molecule has 2 N–H and O–H groups in total. The third-order valence-corrected chi connectivity index (χ3v) is 7.97. The summed E-state index contributed by atoms with van der Waals surface area (Å²) < 4.78 is 0. The lowest BCUT2D eigenvalue weighted by molar-refractivity contribution is -0.146. The summed E-state index contributed by atoms with van der Waals surface area (Å²) in [7, 11) is 0. The van der Waals surface area contributed by atoms with E-state index in [9.17, 15) is 20.0 Å². The zero-order valence-corrected chi connectivity index (χ0v) is 18.6. The molecule has 3 atom stereocenters. The van der Waals surface area contributed by atoms with Crippen LogP contribution in [0.25, 0.3) is 0 Å². The molecule has 2 aliphatic rings. The van der Waals surface area contributed by atoms with E-state index in [1.54, 1.807) is 0 Å². The monoisotopic (exact) mass is 434 g/mol. The van der Waals surface area contributed by atoms with Gasteiger partial charge in [-0.15, -0.1) is 11.3 Å². The highest BCUT2D eigenvalue weighted by Gasteiger charge is 2.38. The Morgan fingerprint density at radius 1 is 1.10 bits per heavy atom. The van der Waals surface area contributed by atoms with E-state index in [2.05, 4.69) is 23.5 Å². The van der Waals surface area contributed by atoms with Crippen molar-refractivity contribution in [1.82, 2.24) is 0 Å². The van der Waals surface area contributed by atoms with Gasteiger partial charge in [0.25, 0.3) is 0 Å². The maximum absolute atomic E-state index is 13.1. The second-order valence-electron chi connectivity index (χ2n) is 8.68. The summed E-state index contributed by atoms with van der Waals surface area (Å²) in [6, 6.07) is 12.7. The van der Waals surface area contributed by atoms with Crippen LogP contribution in [0.3, 0.4) is 0 Å². The molecule has 1 aromatic carbocycles. The molecule has 1 aromatic heterocycles. The van der Waals surface area contributed by atoms with Gasteiger partial charge in [0.15, 0.2) is 0 Å². The van der Waals surface area contributed by atoms with Gasteiger partial charge < -0.3 is 10.4 Å². The number of nitriles is 1. The summed E-state index contributed by atoms with van der Waals surface area (Å²) in [6.07, 6.45) is 3.48. The van der Waals surface area contributed by atoms with Gasteiger partial charge in [0.05, 0.1) is 17.4 Å². The maximum Gasteiger partial charge on any atom is 0.307 e. The highest BCUT2D eigenvalue weighted by atomic mass is 32.1. The van der Waals surface area contributed by atoms with Crippen molar-refractivity contribution < 1.29 is 14.7 Å². The largest absolute Gasteiger partial charge is 0.481 e. The Morgan fingerprint density at radius 3 is 2.42 bits per heavy atom. The molecule has 160 valence electrons. The van der Waals surface area contributed by atoms with Gasteiger partial charge in [0.2, 0.25) is 5.91 Å². The number of anilines is 1. The standard InChI is InChI=1S/C25H26N2O3S/c1-14-10-19(20(25(29)30)11-15(14)2)23(28)27-24-21(13-26)18-9-8-17(12-22(18)31-24)16-6-4-3-5-7-16/h3-7,17,19-20H,8-12H2,1-2H3,(H,27,28)(H,29,30)/t17-,19-,20-/m0/s1. The zero-order valence-electron chi connectivity index (χ0n) is 17.8. The second-order valence-corrected chi connectivity index (χ2v) is 9.78. The first-order valence-corrected chi connectivity index (χ1v) is 11.5. The van der Waals surface area contributed by atoms with Crippen LogP contribution in [0.2, 0.25) is 0 Å². The summed E-state index contributed by atoms with van der Waals surface area (Å²) in [6.45, 7) is 3.89. The minimum Gasteiger partial charge on any atom is -0.481 e. The van der Waals surface area contributed by atoms with Gasteiger partial charge in [-0.3, -0.25) is 9.59 Å². The van der Waals surface area contributed by atoms with Crippen LogP contribution >= 0.6 is 11.3 Å². The quantitative estimate of drug-likeness (QED) is 0.641. The summed E-state index contributed by atoms with van der Waals surface area (Å²) in [5, 5.41) is 22.9. The molecule has 4 rings (SSSR count). The van der Waals surface area contributed by atoms with E-state index in [-0.39, 0.29) is 5.91 Å². The molecule has 1 amide bonds. The molecule has 0 radical (unpaired) electrons. The molecule has 6 heteroatoms. The first-order chi connectivity index (χ1) is 14.9. The number of benzene rings is 1. The van der Waals surface area contributed by atoms with Gasteiger partial charge in [-0.05, 0) is 63.0 Å². The number of carbonyl (C=O) groups is 2. The van der Waals surface area contributed by atoms with Crippen molar-refractivity contribution in [3.8, 4) is 6.07 Å². The van der Waals surface area contributed by atoms with E-state index in [0.29, 0.717) is 29.3 Å². The molecule has 1 heterocycles. The Labute approximate surface area is 186 Å². The molecule has 0 fully saturated rings. The molecule has 2 aromatic rings. The van der Waals surface area contributed by atoms with Gasteiger partial charge in [-0.2, -0.15) is 5.26 Å². The average Bonchev–Trinajstić information content (AvgIpc) is 3.11. The van der Waals surface area contributed by atoms with Crippen LogP contribution in [0.1, 0.15) is 60.6 Å². The van der Waals surface area contributed by atoms with Crippen molar-refractivity contribution in [2.24, 2.45) is 11.8 Å². The number of thiophene rings is 1. The Balaban J connectivity index is 1.57. The lowest BCUT2D eigenvalue weighted by atomic mass is 9.76. The number of carboxylic acid groups (broad SMARTS) is 1. The van der Waals surface area contributed by atoms with E-state index in [1.807, 2.05) is 32.0 Å². The number of hydrogen-bond donors (Lipinski definition) is 2. The smallest absolute Gasteiger partial charge is 0.307 e. The van der Waals surface area contributed by atoms with Crippen molar-refractivity contribution >= 4 is 28.2 Å². The third kappa shape index (κ3) is 4.15. The van der Waals surface area contributed by atoms with Gasteiger partial charge in [0, 0.05) is 4.88 Å². The van der Waals surface area contributed by atoms with Crippen LogP contribution in [0.4, 0.5) is 5.00 Å². The minimum absolute atomic E-state index is 0.297. The molecule has 0 saturated heterocycles. The summed E-state index contributed by atoms with van der Waals surface area (Å²) >= 11 is 1.47. The lowest BCUT2D eigenvalue weighted by Gasteiger charge is -2.29. The average molecular weight is 435 g/mol. The van der Waals surface area contributed by atoms with Crippen LogP contribution in [0.15, 0.2) is 41.5 Å². The minimum atomic E-state index is -0.941. The van der Waals surface area contributed by atoms with E-state index < -0.39 is 17.8 Å². The lowest BCUT2D eigenvalue weighted by Crippen LogP contribution is -2.36. The van der Waals surface area contributed by atoms with Gasteiger partial charge in [-0.25, -0.2) is 0 Å². The van der Waals surface area contributed by atoms with Crippen LogP contribution in [-0.2, 0) is 22.4 Å². The van der Waals surface area contributed by atoms with Gasteiger partial charge >= 0.3 is 5.97 Å². The number of carboxylic acids is 1. The fraction of sp³-hybridized carbons (Fsp3) is 0.400. The van der Waals surface area contributed by atoms with Crippen molar-refractivity contribution in [2.45, 2.75) is 51.9 Å². The molecule has 0 unspecified atom stereocenters. The number of carbonyl (C=O) groups excluding carboxylic acids is 1. The second kappa shape index (κ2) is 8.68. The Bertz CT molecular complexity index is 1090. The molecule has 2 aliphatic carbocycles. The number of allylic oxidation sites excluding steroid dienone is 2. The zero-order chi connectivity index (χ0) is 22.1.